The molecule has 0 atom stereocenters. The summed E-state index contributed by atoms with van der Waals surface area (Å²) in [6.45, 7) is 6.36. The normalized spacial score (nSPS) is 11.6. The molecule has 0 aliphatic carbocycles. The number of hydrogen-bond acceptors (Lipinski definition) is 3. The quantitative estimate of drug-likeness (QED) is 0.612. The Morgan fingerprint density at radius 1 is 1.29 bits per heavy atom. The maximum absolute atomic E-state index is 11.7. The van der Waals surface area contributed by atoms with Crippen LogP contribution in [0.2, 0.25) is 0 Å². The number of amides is 1. The summed E-state index contributed by atoms with van der Waals surface area (Å²) in [6.07, 6.45) is 0. The van der Waals surface area contributed by atoms with Crippen LogP contribution in [0.1, 0.15) is 12.7 Å². The van der Waals surface area contributed by atoms with Crippen LogP contribution in [0.4, 0.5) is 0 Å². The lowest BCUT2D eigenvalue weighted by molar-refractivity contribution is -0.127. The minimum atomic E-state index is -0.0244. The summed E-state index contributed by atoms with van der Waals surface area (Å²) in [7, 11) is 3.45. The van der Waals surface area contributed by atoms with Crippen LogP contribution in [0.25, 0.3) is 11.0 Å². The smallest absolute Gasteiger partial charge is 0.243 e. The van der Waals surface area contributed by atoms with E-state index in [0.717, 1.165) is 29.9 Å². The number of carbonyl (C=O) groups excluding carboxylic acids is 1. The van der Waals surface area contributed by atoms with Crippen LogP contribution >= 0.6 is 0 Å². The second-order valence-corrected chi connectivity index (χ2v) is 5.71. The van der Waals surface area contributed by atoms with Gasteiger partial charge >= 0.3 is 0 Å². The number of fused-ring (bicyclic) bond motifs is 1. The van der Waals surface area contributed by atoms with Gasteiger partial charge in [0.15, 0.2) is 5.96 Å². The molecule has 0 aliphatic heterocycles. The number of likely N-dealkylation sites (N-methyl/N-ethyl adjacent to an activating group) is 1. The number of imidazole rings is 1. The molecule has 24 heavy (non-hydrogen) atoms. The third-order valence-electron chi connectivity index (χ3n) is 3.69. The molecule has 1 aromatic heterocycles. The molecule has 0 spiro atoms. The van der Waals surface area contributed by atoms with Gasteiger partial charge in [-0.25, -0.2) is 9.98 Å². The van der Waals surface area contributed by atoms with Crippen molar-refractivity contribution in [2.75, 3.05) is 33.7 Å². The predicted molar refractivity (Wildman–Crippen MR) is 97.1 cm³/mol. The first-order valence-corrected chi connectivity index (χ1v) is 8.17. The van der Waals surface area contributed by atoms with Crippen molar-refractivity contribution in [1.29, 1.82) is 0 Å². The highest BCUT2D eigenvalue weighted by molar-refractivity contribution is 5.84. The molecule has 0 aliphatic rings. The number of carbonyl (C=O) groups is 1. The number of rotatable bonds is 6. The van der Waals surface area contributed by atoms with Gasteiger partial charge in [-0.2, -0.15) is 0 Å². The molecule has 2 N–H and O–H groups in total. The Balaban J connectivity index is 1.98. The van der Waals surface area contributed by atoms with E-state index in [1.54, 1.807) is 14.1 Å². The molecule has 0 saturated heterocycles. The van der Waals surface area contributed by atoms with Gasteiger partial charge in [0.25, 0.3) is 0 Å². The van der Waals surface area contributed by atoms with E-state index < -0.39 is 0 Å². The fourth-order valence-corrected chi connectivity index (χ4v) is 2.39. The third kappa shape index (κ3) is 4.47. The number of nitrogens with zero attached hydrogens (tertiary/aromatic N) is 4. The van der Waals surface area contributed by atoms with Crippen LogP contribution in [-0.2, 0) is 11.3 Å². The van der Waals surface area contributed by atoms with Crippen molar-refractivity contribution in [1.82, 2.24) is 25.1 Å². The number of guanidine groups is 1. The molecule has 1 amide bonds. The lowest BCUT2D eigenvalue weighted by Gasteiger charge is -2.13. The SMILES string of the molecule is CCNC(=NCC(=O)N(C)C)NCCn1c(C)nc2ccccc21. The van der Waals surface area contributed by atoms with Crippen LogP contribution in [0.5, 0.6) is 0 Å². The van der Waals surface area contributed by atoms with Crippen LogP contribution in [0.15, 0.2) is 29.3 Å². The highest BCUT2D eigenvalue weighted by Gasteiger charge is 2.07. The Morgan fingerprint density at radius 2 is 2.04 bits per heavy atom. The van der Waals surface area contributed by atoms with Crippen molar-refractivity contribution in [3.05, 3.63) is 30.1 Å². The highest BCUT2D eigenvalue weighted by atomic mass is 16.2. The first-order valence-electron chi connectivity index (χ1n) is 8.17. The second kappa shape index (κ2) is 8.33. The Bertz CT molecular complexity index is 719. The van der Waals surface area contributed by atoms with E-state index in [1.807, 2.05) is 32.0 Å². The highest BCUT2D eigenvalue weighted by Crippen LogP contribution is 2.14. The van der Waals surface area contributed by atoms with Crippen molar-refractivity contribution in [2.24, 2.45) is 4.99 Å². The molecule has 7 nitrogen and oxygen atoms in total. The Labute approximate surface area is 142 Å². The number of aryl methyl sites for hydroxylation is 1. The number of benzene rings is 1. The molecular formula is C17H26N6O. The summed E-state index contributed by atoms with van der Waals surface area (Å²) < 4.78 is 2.18. The van der Waals surface area contributed by atoms with Gasteiger partial charge in [-0.05, 0) is 26.0 Å². The van der Waals surface area contributed by atoms with Gasteiger partial charge in [0.2, 0.25) is 5.91 Å². The van der Waals surface area contributed by atoms with Gasteiger partial charge in [-0.15, -0.1) is 0 Å². The summed E-state index contributed by atoms with van der Waals surface area (Å²) in [6, 6.07) is 8.11. The van der Waals surface area contributed by atoms with Crippen molar-refractivity contribution in [2.45, 2.75) is 20.4 Å². The third-order valence-corrected chi connectivity index (χ3v) is 3.69. The summed E-state index contributed by atoms with van der Waals surface area (Å²) in [4.78, 5) is 22.1. The molecule has 0 saturated carbocycles. The zero-order valence-corrected chi connectivity index (χ0v) is 14.8. The second-order valence-electron chi connectivity index (χ2n) is 5.71. The molecule has 0 fully saturated rings. The van der Waals surface area contributed by atoms with Crippen molar-refractivity contribution in [3.63, 3.8) is 0 Å². The summed E-state index contributed by atoms with van der Waals surface area (Å²) in [5.74, 6) is 1.61. The van der Waals surface area contributed by atoms with E-state index in [4.69, 9.17) is 0 Å². The first kappa shape index (κ1) is 17.8. The number of aromatic nitrogens is 2. The number of nitrogens with one attached hydrogen (secondary N) is 2. The Hall–Kier alpha value is -2.57. The summed E-state index contributed by atoms with van der Waals surface area (Å²) >= 11 is 0. The van der Waals surface area contributed by atoms with Gasteiger partial charge in [0, 0.05) is 33.7 Å². The first-order chi connectivity index (χ1) is 11.5. The summed E-state index contributed by atoms with van der Waals surface area (Å²) in [5, 5.41) is 6.42. The molecule has 0 bridgehead atoms. The Kier molecular flexibility index (Phi) is 6.17. The van der Waals surface area contributed by atoms with Crippen LogP contribution in [-0.4, -0.2) is 60.0 Å². The average molecular weight is 330 g/mol. The van der Waals surface area contributed by atoms with Gasteiger partial charge in [-0.3, -0.25) is 4.79 Å². The zero-order valence-electron chi connectivity index (χ0n) is 14.8. The van der Waals surface area contributed by atoms with E-state index in [9.17, 15) is 4.79 Å². The molecule has 2 rings (SSSR count). The van der Waals surface area contributed by atoms with Crippen LogP contribution in [0.3, 0.4) is 0 Å². The molecule has 1 aromatic carbocycles. The molecule has 2 aromatic rings. The van der Waals surface area contributed by atoms with E-state index in [1.165, 1.54) is 4.90 Å². The van der Waals surface area contributed by atoms with Gasteiger partial charge in [-0.1, -0.05) is 12.1 Å². The lowest BCUT2D eigenvalue weighted by Crippen LogP contribution is -2.39. The molecule has 0 radical (unpaired) electrons. The molecule has 0 unspecified atom stereocenters. The topological polar surface area (TPSA) is 74.6 Å². The fraction of sp³-hybridized carbons (Fsp3) is 0.471. The van der Waals surface area contributed by atoms with Crippen LogP contribution < -0.4 is 10.6 Å². The molecular weight excluding hydrogens is 304 g/mol. The number of hydrogen-bond donors (Lipinski definition) is 2. The number of para-hydroxylation sites is 2. The van der Waals surface area contributed by atoms with Gasteiger partial charge in [0.05, 0.1) is 11.0 Å². The molecule has 7 heteroatoms. The van der Waals surface area contributed by atoms with Crippen molar-refractivity contribution in [3.8, 4) is 0 Å². The maximum Gasteiger partial charge on any atom is 0.243 e. The van der Waals surface area contributed by atoms with Crippen molar-refractivity contribution < 1.29 is 4.79 Å². The van der Waals surface area contributed by atoms with Crippen LogP contribution in [0, 0.1) is 6.92 Å². The minimum absolute atomic E-state index is 0.0244. The van der Waals surface area contributed by atoms with E-state index in [2.05, 4.69) is 31.2 Å². The van der Waals surface area contributed by atoms with E-state index in [0.29, 0.717) is 12.5 Å². The van der Waals surface area contributed by atoms with E-state index >= 15 is 0 Å². The predicted octanol–water partition coefficient (Wildman–Crippen LogP) is 0.988. The summed E-state index contributed by atoms with van der Waals surface area (Å²) in [5.41, 5.74) is 2.13. The lowest BCUT2D eigenvalue weighted by atomic mass is 10.3. The van der Waals surface area contributed by atoms with Gasteiger partial charge < -0.3 is 20.1 Å². The zero-order chi connectivity index (χ0) is 17.5. The minimum Gasteiger partial charge on any atom is -0.357 e. The molecule has 130 valence electrons. The number of aliphatic imine (C=N–C) groups is 1. The Morgan fingerprint density at radius 3 is 2.75 bits per heavy atom. The van der Waals surface area contributed by atoms with E-state index in [-0.39, 0.29) is 12.5 Å². The van der Waals surface area contributed by atoms with Crippen molar-refractivity contribution >= 4 is 22.9 Å². The largest absolute Gasteiger partial charge is 0.357 e. The van der Waals surface area contributed by atoms with Gasteiger partial charge in [0.1, 0.15) is 12.4 Å². The molecule has 1 heterocycles. The average Bonchev–Trinajstić information content (AvgIpc) is 2.88. The monoisotopic (exact) mass is 330 g/mol. The fourth-order valence-electron chi connectivity index (χ4n) is 2.39. The standard InChI is InChI=1S/C17H26N6O/c1-5-18-17(20-12-16(24)22(3)4)19-10-11-23-13(2)21-14-8-6-7-9-15(14)23/h6-9H,5,10-12H2,1-4H3,(H2,18,19,20). The maximum atomic E-state index is 11.7.